The van der Waals surface area contributed by atoms with Gasteiger partial charge < -0.3 is 9.84 Å². The lowest BCUT2D eigenvalue weighted by Gasteiger charge is -2.52. The average Bonchev–Trinajstić information content (AvgIpc) is 3.07. The van der Waals surface area contributed by atoms with Gasteiger partial charge in [0.2, 0.25) is 0 Å². The molecule has 5 nitrogen and oxygen atoms in total. The molecule has 0 aromatic rings. The van der Waals surface area contributed by atoms with Crippen LogP contribution in [0.1, 0.15) is 65.2 Å². The summed E-state index contributed by atoms with van der Waals surface area (Å²) >= 11 is 0. The molecule has 6 atom stereocenters. The Morgan fingerprint density at radius 1 is 1.13 bits per heavy atom. The van der Waals surface area contributed by atoms with Crippen molar-refractivity contribution in [3.05, 3.63) is 11.6 Å². The number of piperazine rings is 1. The summed E-state index contributed by atoms with van der Waals surface area (Å²) < 4.78 is 5.86. The lowest BCUT2D eigenvalue weighted by atomic mass is 9.55. The van der Waals surface area contributed by atoms with Crippen LogP contribution in [-0.4, -0.2) is 71.8 Å². The molecule has 2 saturated carbocycles. The number of carbonyl (C=O) groups excluding carboxylic acids is 1. The number of rotatable bonds is 3. The summed E-state index contributed by atoms with van der Waals surface area (Å²) in [6.45, 7) is 9.55. The normalized spacial score (nSPS) is 43.6. The molecular formula is C25H40N2O3. The van der Waals surface area contributed by atoms with Crippen LogP contribution in [-0.2, 0) is 9.53 Å². The van der Waals surface area contributed by atoms with E-state index in [0.717, 1.165) is 58.0 Å². The SMILES string of the molecule is C[C@H]1CCC=C2C[C@H]3OC(=O)[C@H](CN4CCN(C5CCCCC5)CC4)[C@H]3[C@H](O)[C@@]21C. The van der Waals surface area contributed by atoms with Crippen molar-refractivity contribution < 1.29 is 14.6 Å². The Bertz CT molecular complexity index is 680. The number of esters is 1. The minimum absolute atomic E-state index is 0.0587. The Morgan fingerprint density at radius 2 is 1.87 bits per heavy atom. The number of hydrogen-bond donors (Lipinski definition) is 1. The molecule has 0 radical (unpaired) electrons. The first kappa shape index (κ1) is 21.0. The highest BCUT2D eigenvalue weighted by Gasteiger charge is 2.59. The van der Waals surface area contributed by atoms with Crippen molar-refractivity contribution in [3.8, 4) is 0 Å². The van der Waals surface area contributed by atoms with Crippen molar-refractivity contribution in [2.45, 2.75) is 83.5 Å². The molecule has 2 heterocycles. The number of ether oxygens (including phenoxy) is 1. The molecule has 4 fully saturated rings. The van der Waals surface area contributed by atoms with Crippen molar-refractivity contribution in [1.29, 1.82) is 0 Å². The zero-order chi connectivity index (χ0) is 20.9. The largest absolute Gasteiger partial charge is 0.461 e. The molecule has 0 amide bonds. The summed E-state index contributed by atoms with van der Waals surface area (Å²) in [7, 11) is 0. The maximum atomic E-state index is 12.9. The molecule has 168 valence electrons. The Hall–Kier alpha value is -0.910. The molecule has 2 aliphatic heterocycles. The topological polar surface area (TPSA) is 53.0 Å². The zero-order valence-electron chi connectivity index (χ0n) is 18.9. The molecule has 30 heavy (non-hydrogen) atoms. The first-order chi connectivity index (χ1) is 14.5. The Kier molecular flexibility index (Phi) is 5.74. The van der Waals surface area contributed by atoms with Crippen LogP contribution in [0.15, 0.2) is 11.6 Å². The van der Waals surface area contributed by atoms with E-state index >= 15 is 0 Å². The molecule has 2 saturated heterocycles. The van der Waals surface area contributed by atoms with Crippen LogP contribution in [0.3, 0.4) is 0 Å². The molecule has 0 unspecified atom stereocenters. The molecule has 0 aromatic heterocycles. The molecule has 0 spiro atoms. The van der Waals surface area contributed by atoms with E-state index in [4.69, 9.17) is 4.74 Å². The van der Waals surface area contributed by atoms with E-state index in [0.29, 0.717) is 5.92 Å². The van der Waals surface area contributed by atoms with Gasteiger partial charge >= 0.3 is 5.97 Å². The summed E-state index contributed by atoms with van der Waals surface area (Å²) in [5, 5.41) is 11.5. The van der Waals surface area contributed by atoms with Gasteiger partial charge in [0.05, 0.1) is 12.0 Å². The van der Waals surface area contributed by atoms with Crippen molar-refractivity contribution in [3.63, 3.8) is 0 Å². The van der Waals surface area contributed by atoms with E-state index in [2.05, 4.69) is 29.7 Å². The predicted octanol–water partition coefficient (Wildman–Crippen LogP) is 3.22. The number of nitrogens with zero attached hydrogens (tertiary/aromatic N) is 2. The summed E-state index contributed by atoms with van der Waals surface area (Å²) in [6.07, 6.45) is 11.6. The van der Waals surface area contributed by atoms with Gasteiger partial charge in [-0.15, -0.1) is 0 Å². The summed E-state index contributed by atoms with van der Waals surface area (Å²) in [5.41, 5.74) is 1.12. The van der Waals surface area contributed by atoms with Crippen molar-refractivity contribution >= 4 is 5.97 Å². The number of fused-ring (bicyclic) bond motifs is 2. The van der Waals surface area contributed by atoms with Crippen molar-refractivity contribution in [2.75, 3.05) is 32.7 Å². The first-order valence-electron chi connectivity index (χ1n) is 12.5. The van der Waals surface area contributed by atoms with Gasteiger partial charge in [0, 0.05) is 56.5 Å². The van der Waals surface area contributed by atoms with E-state index in [9.17, 15) is 9.90 Å². The van der Waals surface area contributed by atoms with Gasteiger partial charge in [-0.25, -0.2) is 0 Å². The molecule has 0 aromatic carbocycles. The fourth-order valence-electron chi connectivity index (χ4n) is 7.31. The number of allylic oxidation sites excluding steroid dienone is 1. The van der Waals surface area contributed by atoms with Gasteiger partial charge in [0.1, 0.15) is 6.10 Å². The summed E-state index contributed by atoms with van der Waals surface area (Å²) in [5.74, 6) is 0.133. The van der Waals surface area contributed by atoms with E-state index in [-0.39, 0.29) is 29.3 Å². The van der Waals surface area contributed by atoms with Crippen LogP contribution < -0.4 is 0 Å². The number of aliphatic hydroxyl groups excluding tert-OH is 1. The van der Waals surface area contributed by atoms with E-state index in [1.54, 1.807) is 0 Å². The second kappa shape index (κ2) is 8.22. The highest BCUT2D eigenvalue weighted by Crippen LogP contribution is 2.56. The molecule has 5 rings (SSSR count). The van der Waals surface area contributed by atoms with Crippen LogP contribution in [0, 0.1) is 23.2 Å². The minimum atomic E-state index is -0.488. The Balaban J connectivity index is 1.25. The van der Waals surface area contributed by atoms with Crippen LogP contribution in [0.4, 0.5) is 0 Å². The Labute approximate surface area is 181 Å². The lowest BCUT2D eigenvalue weighted by Crippen LogP contribution is -2.56. The van der Waals surface area contributed by atoms with Crippen LogP contribution in [0.25, 0.3) is 0 Å². The van der Waals surface area contributed by atoms with Crippen molar-refractivity contribution in [2.24, 2.45) is 23.2 Å². The van der Waals surface area contributed by atoms with Gasteiger partial charge in [-0.2, -0.15) is 0 Å². The molecule has 3 aliphatic carbocycles. The number of aliphatic hydroxyl groups is 1. The van der Waals surface area contributed by atoms with Crippen LogP contribution in [0.5, 0.6) is 0 Å². The van der Waals surface area contributed by atoms with Gasteiger partial charge in [-0.05, 0) is 31.6 Å². The first-order valence-corrected chi connectivity index (χ1v) is 12.5. The second-order valence-electron chi connectivity index (χ2n) is 10.9. The monoisotopic (exact) mass is 416 g/mol. The number of carbonyl (C=O) groups is 1. The maximum Gasteiger partial charge on any atom is 0.311 e. The standard InChI is InChI=1S/C25H40N2O3/c1-17-7-6-8-18-15-21-22(23(28)25(17,18)2)20(24(29)30-21)16-26-11-13-27(14-12-26)19-9-4-3-5-10-19/h8,17,19-23,28H,3-7,9-16H2,1-2H3/t17-,20+,21+,22+,23-,25+/m0/s1. The molecule has 5 heteroatoms. The third-order valence-corrected chi connectivity index (χ3v) is 9.52. The smallest absolute Gasteiger partial charge is 0.311 e. The fourth-order valence-corrected chi connectivity index (χ4v) is 7.31. The van der Waals surface area contributed by atoms with Gasteiger partial charge in [0.15, 0.2) is 0 Å². The molecule has 0 bridgehead atoms. The predicted molar refractivity (Wildman–Crippen MR) is 117 cm³/mol. The van der Waals surface area contributed by atoms with Gasteiger partial charge in [0.25, 0.3) is 0 Å². The third kappa shape index (κ3) is 3.45. The van der Waals surface area contributed by atoms with Gasteiger partial charge in [-0.3, -0.25) is 14.6 Å². The fraction of sp³-hybridized carbons (Fsp3) is 0.880. The van der Waals surface area contributed by atoms with Crippen molar-refractivity contribution in [1.82, 2.24) is 9.80 Å². The third-order valence-electron chi connectivity index (χ3n) is 9.52. The van der Waals surface area contributed by atoms with Gasteiger partial charge in [-0.1, -0.05) is 44.8 Å². The highest BCUT2D eigenvalue weighted by molar-refractivity contribution is 5.76. The molecule has 5 aliphatic rings. The Morgan fingerprint density at radius 3 is 2.60 bits per heavy atom. The second-order valence-corrected chi connectivity index (χ2v) is 10.9. The minimum Gasteiger partial charge on any atom is -0.461 e. The lowest BCUT2D eigenvalue weighted by molar-refractivity contribution is -0.145. The van der Waals surface area contributed by atoms with E-state index < -0.39 is 6.10 Å². The van der Waals surface area contributed by atoms with Crippen LogP contribution >= 0.6 is 0 Å². The average molecular weight is 417 g/mol. The maximum absolute atomic E-state index is 12.9. The molecular weight excluding hydrogens is 376 g/mol. The highest BCUT2D eigenvalue weighted by atomic mass is 16.6. The van der Waals surface area contributed by atoms with E-state index in [1.165, 1.54) is 37.7 Å². The molecule has 1 N–H and O–H groups in total. The summed E-state index contributed by atoms with van der Waals surface area (Å²) in [4.78, 5) is 18.0. The zero-order valence-corrected chi connectivity index (χ0v) is 18.9. The van der Waals surface area contributed by atoms with Crippen LogP contribution in [0.2, 0.25) is 0 Å². The quantitative estimate of drug-likeness (QED) is 0.566. The van der Waals surface area contributed by atoms with E-state index in [1.807, 2.05) is 0 Å². The number of hydrogen-bond acceptors (Lipinski definition) is 5. The summed E-state index contributed by atoms with van der Waals surface area (Å²) in [6, 6.07) is 0.778.